The Kier molecular flexibility index (Phi) is 6.24. The molecule has 1 aliphatic heterocycles. The van der Waals surface area contributed by atoms with Gasteiger partial charge in [0.1, 0.15) is 5.82 Å². The molecule has 3 rings (SSSR count). The molecule has 0 unspecified atom stereocenters. The molecule has 4 heteroatoms. The molecule has 0 atom stereocenters. The quantitative estimate of drug-likeness (QED) is 0.736. The Labute approximate surface area is 148 Å². The summed E-state index contributed by atoms with van der Waals surface area (Å²) in [4.78, 5) is 2.30. The Morgan fingerprint density at radius 2 is 1.75 bits per heavy atom. The second-order valence-corrected chi connectivity index (χ2v) is 6.82. The fraction of sp³-hybridized carbons (Fsp3) is 0.400. The normalized spacial score (nSPS) is 15.8. The highest BCUT2D eigenvalue weighted by molar-refractivity contribution is 6.31. The number of hydrogen-bond donors (Lipinski definition) is 0. The van der Waals surface area contributed by atoms with Crippen molar-refractivity contribution in [3.8, 4) is 0 Å². The molecule has 0 aliphatic carbocycles. The molecule has 0 spiro atoms. The lowest BCUT2D eigenvalue weighted by Crippen LogP contribution is -2.32. The zero-order valence-electron chi connectivity index (χ0n) is 13.8. The van der Waals surface area contributed by atoms with Crippen molar-refractivity contribution in [1.29, 1.82) is 0 Å². The highest BCUT2D eigenvalue weighted by Crippen LogP contribution is 2.24. The van der Waals surface area contributed by atoms with Crippen molar-refractivity contribution >= 4 is 11.6 Å². The van der Waals surface area contributed by atoms with E-state index < -0.39 is 0 Å². The van der Waals surface area contributed by atoms with E-state index in [1.165, 1.54) is 11.6 Å². The minimum absolute atomic E-state index is 0.229. The summed E-state index contributed by atoms with van der Waals surface area (Å²) in [6, 6.07) is 15.2. The summed E-state index contributed by atoms with van der Waals surface area (Å²) in [6.45, 7) is 3.90. The second-order valence-electron chi connectivity index (χ2n) is 6.41. The van der Waals surface area contributed by atoms with E-state index in [0.717, 1.165) is 39.1 Å². The van der Waals surface area contributed by atoms with Gasteiger partial charge >= 0.3 is 0 Å². The van der Waals surface area contributed by atoms with Crippen LogP contribution in [-0.4, -0.2) is 24.7 Å². The molecule has 0 radical (unpaired) electrons. The standard InChI is InChI=1S/C20H23ClFNO/c21-19-7-4-8-20(22)18(19)15-23(13-16-5-2-1-3-6-16)14-17-9-11-24-12-10-17/h1-8,17H,9-15H2. The van der Waals surface area contributed by atoms with Crippen molar-refractivity contribution < 1.29 is 9.13 Å². The lowest BCUT2D eigenvalue weighted by molar-refractivity contribution is 0.0500. The molecule has 0 amide bonds. The van der Waals surface area contributed by atoms with Crippen LogP contribution in [0.2, 0.25) is 5.02 Å². The first-order chi connectivity index (χ1) is 11.7. The van der Waals surface area contributed by atoms with Crippen molar-refractivity contribution in [2.75, 3.05) is 19.8 Å². The van der Waals surface area contributed by atoms with Crippen molar-refractivity contribution in [3.63, 3.8) is 0 Å². The number of benzene rings is 2. The highest BCUT2D eigenvalue weighted by Gasteiger charge is 2.20. The molecule has 0 aromatic heterocycles. The van der Waals surface area contributed by atoms with Gasteiger partial charge in [0.05, 0.1) is 0 Å². The smallest absolute Gasteiger partial charge is 0.129 e. The van der Waals surface area contributed by atoms with Crippen LogP contribution in [0, 0.1) is 11.7 Å². The summed E-state index contributed by atoms with van der Waals surface area (Å²) < 4.78 is 19.7. The van der Waals surface area contributed by atoms with E-state index in [0.29, 0.717) is 23.0 Å². The van der Waals surface area contributed by atoms with Crippen molar-refractivity contribution in [2.45, 2.75) is 25.9 Å². The lowest BCUT2D eigenvalue weighted by Gasteiger charge is -2.30. The van der Waals surface area contributed by atoms with Gasteiger partial charge < -0.3 is 4.74 Å². The van der Waals surface area contributed by atoms with Gasteiger partial charge in [0, 0.05) is 43.4 Å². The van der Waals surface area contributed by atoms with Crippen LogP contribution in [0.15, 0.2) is 48.5 Å². The number of nitrogens with zero attached hydrogens (tertiary/aromatic N) is 1. The Hall–Kier alpha value is -1.42. The highest BCUT2D eigenvalue weighted by atomic mass is 35.5. The fourth-order valence-corrected chi connectivity index (χ4v) is 3.45. The maximum absolute atomic E-state index is 14.2. The zero-order valence-corrected chi connectivity index (χ0v) is 14.5. The third-order valence-electron chi connectivity index (χ3n) is 4.55. The predicted molar refractivity (Wildman–Crippen MR) is 95.5 cm³/mol. The molecule has 2 nitrogen and oxygen atoms in total. The lowest BCUT2D eigenvalue weighted by atomic mass is 9.99. The first-order valence-corrected chi connectivity index (χ1v) is 8.87. The molecule has 1 saturated heterocycles. The molecule has 24 heavy (non-hydrogen) atoms. The number of rotatable bonds is 6. The van der Waals surface area contributed by atoms with Gasteiger partial charge in [0.2, 0.25) is 0 Å². The first kappa shape index (κ1) is 17.4. The fourth-order valence-electron chi connectivity index (χ4n) is 3.23. The molecule has 0 saturated carbocycles. The molecule has 0 bridgehead atoms. The van der Waals surface area contributed by atoms with E-state index >= 15 is 0 Å². The third-order valence-corrected chi connectivity index (χ3v) is 4.90. The van der Waals surface area contributed by atoms with Crippen LogP contribution in [0.4, 0.5) is 4.39 Å². The SMILES string of the molecule is Fc1cccc(Cl)c1CN(Cc1ccccc1)CC1CCOCC1. The Morgan fingerprint density at radius 3 is 2.46 bits per heavy atom. The minimum atomic E-state index is -0.229. The summed E-state index contributed by atoms with van der Waals surface area (Å²) in [6.07, 6.45) is 2.13. The molecule has 1 fully saturated rings. The summed E-state index contributed by atoms with van der Waals surface area (Å²) >= 11 is 6.23. The van der Waals surface area contributed by atoms with E-state index in [2.05, 4.69) is 17.0 Å². The third kappa shape index (κ3) is 4.79. The Balaban J connectivity index is 1.75. The van der Waals surface area contributed by atoms with Crippen LogP contribution in [0.25, 0.3) is 0 Å². The van der Waals surface area contributed by atoms with E-state index in [1.54, 1.807) is 12.1 Å². The maximum atomic E-state index is 14.2. The molecule has 128 valence electrons. The van der Waals surface area contributed by atoms with Gasteiger partial charge in [0.25, 0.3) is 0 Å². The maximum Gasteiger partial charge on any atom is 0.129 e. The van der Waals surface area contributed by atoms with E-state index in [4.69, 9.17) is 16.3 Å². The summed E-state index contributed by atoms with van der Waals surface area (Å²) in [7, 11) is 0. The van der Waals surface area contributed by atoms with Gasteiger partial charge in [-0.2, -0.15) is 0 Å². The molecule has 2 aromatic carbocycles. The minimum Gasteiger partial charge on any atom is -0.381 e. The van der Waals surface area contributed by atoms with E-state index in [9.17, 15) is 4.39 Å². The van der Waals surface area contributed by atoms with Crippen LogP contribution >= 0.6 is 11.6 Å². The van der Waals surface area contributed by atoms with Crippen LogP contribution < -0.4 is 0 Å². The van der Waals surface area contributed by atoms with Gasteiger partial charge in [-0.1, -0.05) is 48.0 Å². The average molecular weight is 348 g/mol. The number of hydrogen-bond acceptors (Lipinski definition) is 2. The van der Waals surface area contributed by atoms with Gasteiger partial charge in [-0.15, -0.1) is 0 Å². The van der Waals surface area contributed by atoms with Crippen LogP contribution in [-0.2, 0) is 17.8 Å². The zero-order chi connectivity index (χ0) is 16.8. The van der Waals surface area contributed by atoms with Gasteiger partial charge in [-0.25, -0.2) is 4.39 Å². The predicted octanol–water partition coefficient (Wildman–Crippen LogP) is 4.91. The number of ether oxygens (including phenoxy) is 1. The Morgan fingerprint density at radius 1 is 1.00 bits per heavy atom. The molecular weight excluding hydrogens is 325 g/mol. The van der Waals surface area contributed by atoms with Gasteiger partial charge in [-0.3, -0.25) is 4.90 Å². The topological polar surface area (TPSA) is 12.5 Å². The second kappa shape index (κ2) is 8.61. The summed E-state index contributed by atoms with van der Waals surface area (Å²) in [5, 5.41) is 0.500. The van der Waals surface area contributed by atoms with Crippen molar-refractivity contribution in [3.05, 3.63) is 70.5 Å². The van der Waals surface area contributed by atoms with E-state index in [1.807, 2.05) is 18.2 Å². The molecule has 1 heterocycles. The summed E-state index contributed by atoms with van der Waals surface area (Å²) in [5.41, 5.74) is 1.82. The molecule has 2 aromatic rings. The molecule has 1 aliphatic rings. The van der Waals surface area contributed by atoms with Crippen molar-refractivity contribution in [1.82, 2.24) is 4.90 Å². The van der Waals surface area contributed by atoms with Gasteiger partial charge in [0.15, 0.2) is 0 Å². The summed E-state index contributed by atoms with van der Waals surface area (Å²) in [5.74, 6) is 0.362. The van der Waals surface area contributed by atoms with Crippen LogP contribution in [0.5, 0.6) is 0 Å². The molecular formula is C20H23ClFNO. The van der Waals surface area contributed by atoms with Crippen molar-refractivity contribution in [2.24, 2.45) is 5.92 Å². The first-order valence-electron chi connectivity index (χ1n) is 8.49. The van der Waals surface area contributed by atoms with E-state index in [-0.39, 0.29) is 5.82 Å². The average Bonchev–Trinajstić information content (AvgIpc) is 2.60. The van der Waals surface area contributed by atoms with Crippen LogP contribution in [0.3, 0.4) is 0 Å². The molecule has 0 N–H and O–H groups in total. The monoisotopic (exact) mass is 347 g/mol. The van der Waals surface area contributed by atoms with Crippen LogP contribution in [0.1, 0.15) is 24.0 Å². The number of halogens is 2. The largest absolute Gasteiger partial charge is 0.381 e. The Bertz CT molecular complexity index is 623. The van der Waals surface area contributed by atoms with Gasteiger partial charge in [-0.05, 0) is 36.5 Å².